The predicted molar refractivity (Wildman–Crippen MR) is 63.0 cm³/mol. The molecule has 2 nitrogen and oxygen atoms in total. The summed E-state index contributed by atoms with van der Waals surface area (Å²) in [7, 11) is 0. The van der Waals surface area contributed by atoms with Gasteiger partial charge in [0.05, 0.1) is 6.10 Å². The number of hydrogen-bond donors (Lipinski definition) is 2. The highest BCUT2D eigenvalue weighted by atomic mass is 32.1. The lowest BCUT2D eigenvalue weighted by Crippen LogP contribution is -2.21. The smallest absolute Gasteiger partial charge is 0.107 e. The topological polar surface area (TPSA) is 32.3 Å². The summed E-state index contributed by atoms with van der Waals surface area (Å²) < 4.78 is 0. The molecule has 4 heteroatoms. The summed E-state index contributed by atoms with van der Waals surface area (Å²) in [6.45, 7) is 2.76. The molecule has 2 N–H and O–H groups in total. The largest absolute Gasteiger partial charge is 0.388 e. The summed E-state index contributed by atoms with van der Waals surface area (Å²) in [6, 6.07) is 2.02. The summed E-state index contributed by atoms with van der Waals surface area (Å²) in [5, 5.41) is 12.7. The zero-order chi connectivity index (χ0) is 10.1. The van der Waals surface area contributed by atoms with Gasteiger partial charge >= 0.3 is 0 Å². The van der Waals surface area contributed by atoms with Gasteiger partial charge in [0.25, 0.3) is 0 Å². The van der Waals surface area contributed by atoms with E-state index in [0.29, 0.717) is 0 Å². The van der Waals surface area contributed by atoms with Crippen LogP contribution in [-0.2, 0) is 6.42 Å². The van der Waals surface area contributed by atoms with E-state index in [0.717, 1.165) is 34.8 Å². The van der Waals surface area contributed by atoms with Crippen molar-refractivity contribution in [1.82, 2.24) is 5.32 Å². The van der Waals surface area contributed by atoms with Gasteiger partial charge < -0.3 is 10.4 Å². The second-order valence-corrected chi connectivity index (χ2v) is 5.10. The van der Waals surface area contributed by atoms with E-state index >= 15 is 0 Å². The number of rotatable bonds is 1. The Morgan fingerprint density at radius 2 is 2.43 bits per heavy atom. The first-order valence-corrected chi connectivity index (χ1v) is 6.00. The van der Waals surface area contributed by atoms with Crippen LogP contribution >= 0.6 is 23.6 Å². The van der Waals surface area contributed by atoms with Crippen LogP contribution in [0.25, 0.3) is 0 Å². The Morgan fingerprint density at radius 3 is 3.14 bits per heavy atom. The average Bonchev–Trinajstić information content (AvgIpc) is 2.49. The molecule has 1 aliphatic rings. The maximum Gasteiger partial charge on any atom is 0.107 e. The Labute approximate surface area is 93.0 Å². The SMILES string of the molecule is CC(O)c1cc2c(s1)CCCNC2=S. The van der Waals surface area contributed by atoms with Gasteiger partial charge in [0.2, 0.25) is 0 Å². The molecule has 1 aliphatic heterocycles. The first-order chi connectivity index (χ1) is 6.68. The van der Waals surface area contributed by atoms with Crippen LogP contribution in [0.15, 0.2) is 6.07 Å². The van der Waals surface area contributed by atoms with Crippen molar-refractivity contribution in [3.8, 4) is 0 Å². The van der Waals surface area contributed by atoms with Gasteiger partial charge in [0.15, 0.2) is 0 Å². The summed E-state index contributed by atoms with van der Waals surface area (Å²) in [5.41, 5.74) is 1.12. The molecule has 2 rings (SSSR count). The van der Waals surface area contributed by atoms with E-state index in [1.807, 2.05) is 6.07 Å². The molecular weight excluding hydrogens is 214 g/mol. The molecule has 1 aromatic heterocycles. The number of hydrogen-bond acceptors (Lipinski definition) is 3. The molecule has 0 saturated heterocycles. The van der Waals surface area contributed by atoms with E-state index in [1.54, 1.807) is 18.3 Å². The molecule has 0 amide bonds. The van der Waals surface area contributed by atoms with Gasteiger partial charge in [0, 0.05) is 21.9 Å². The van der Waals surface area contributed by atoms with Crippen LogP contribution in [0.4, 0.5) is 0 Å². The fourth-order valence-electron chi connectivity index (χ4n) is 1.58. The second-order valence-electron chi connectivity index (χ2n) is 3.52. The van der Waals surface area contributed by atoms with Crippen molar-refractivity contribution in [3.63, 3.8) is 0 Å². The van der Waals surface area contributed by atoms with Crippen LogP contribution < -0.4 is 5.32 Å². The Morgan fingerprint density at radius 1 is 1.64 bits per heavy atom. The standard InChI is InChI=1S/C10H13NOS2/c1-6(12)9-5-7-8(14-9)3-2-4-11-10(7)13/h5-6,12H,2-4H2,1H3,(H,11,13). The second kappa shape index (κ2) is 3.96. The zero-order valence-corrected chi connectivity index (χ0v) is 9.67. The molecule has 0 aliphatic carbocycles. The van der Waals surface area contributed by atoms with Crippen molar-refractivity contribution < 1.29 is 5.11 Å². The van der Waals surface area contributed by atoms with E-state index < -0.39 is 0 Å². The molecule has 0 fully saturated rings. The molecule has 14 heavy (non-hydrogen) atoms. The van der Waals surface area contributed by atoms with Crippen LogP contribution in [0.5, 0.6) is 0 Å². The fourth-order valence-corrected chi connectivity index (χ4v) is 3.08. The van der Waals surface area contributed by atoms with Gasteiger partial charge in [-0.3, -0.25) is 0 Å². The molecule has 0 bridgehead atoms. The van der Waals surface area contributed by atoms with Crippen LogP contribution in [-0.4, -0.2) is 16.6 Å². The van der Waals surface area contributed by atoms with Gasteiger partial charge in [-0.05, 0) is 25.8 Å². The minimum Gasteiger partial charge on any atom is -0.388 e. The highest BCUT2D eigenvalue weighted by Crippen LogP contribution is 2.29. The number of aryl methyl sites for hydroxylation is 1. The lowest BCUT2D eigenvalue weighted by Gasteiger charge is -2.01. The Balaban J connectivity index is 2.39. The van der Waals surface area contributed by atoms with Crippen molar-refractivity contribution >= 4 is 28.5 Å². The Hall–Kier alpha value is -0.450. The molecule has 76 valence electrons. The number of nitrogens with one attached hydrogen (secondary N) is 1. The highest BCUT2D eigenvalue weighted by molar-refractivity contribution is 7.80. The van der Waals surface area contributed by atoms with Crippen LogP contribution in [0, 0.1) is 0 Å². The third-order valence-corrected chi connectivity index (χ3v) is 4.08. The Kier molecular flexibility index (Phi) is 2.85. The Bertz CT molecular complexity index is 357. The lowest BCUT2D eigenvalue weighted by molar-refractivity contribution is 0.203. The van der Waals surface area contributed by atoms with E-state index in [2.05, 4.69) is 5.32 Å². The van der Waals surface area contributed by atoms with Crippen molar-refractivity contribution in [3.05, 3.63) is 21.4 Å². The predicted octanol–water partition coefficient (Wildman–Crippen LogP) is 2.01. The van der Waals surface area contributed by atoms with Crippen LogP contribution in [0.2, 0.25) is 0 Å². The maximum atomic E-state index is 9.48. The molecule has 0 aromatic carbocycles. The van der Waals surface area contributed by atoms with Gasteiger partial charge in [-0.2, -0.15) is 0 Å². The third kappa shape index (κ3) is 1.82. The van der Waals surface area contributed by atoms with Gasteiger partial charge in [0.1, 0.15) is 4.99 Å². The molecule has 0 radical (unpaired) electrons. The number of thiophene rings is 1. The minimum atomic E-state index is -0.380. The van der Waals surface area contributed by atoms with Crippen LogP contribution in [0.3, 0.4) is 0 Å². The average molecular weight is 227 g/mol. The number of thiocarbonyl (C=S) groups is 1. The molecule has 0 spiro atoms. The monoisotopic (exact) mass is 227 g/mol. The maximum absolute atomic E-state index is 9.48. The first kappa shape index (κ1) is 10.1. The van der Waals surface area contributed by atoms with E-state index in [-0.39, 0.29) is 6.10 Å². The highest BCUT2D eigenvalue weighted by Gasteiger charge is 2.17. The fraction of sp³-hybridized carbons (Fsp3) is 0.500. The van der Waals surface area contributed by atoms with Gasteiger partial charge in [-0.15, -0.1) is 11.3 Å². The number of aliphatic hydroxyl groups is 1. The molecule has 0 saturated carbocycles. The van der Waals surface area contributed by atoms with Gasteiger partial charge in [-0.25, -0.2) is 0 Å². The molecule has 2 heterocycles. The van der Waals surface area contributed by atoms with Gasteiger partial charge in [-0.1, -0.05) is 12.2 Å². The van der Waals surface area contributed by atoms with E-state index in [4.69, 9.17) is 12.2 Å². The summed E-state index contributed by atoms with van der Waals surface area (Å²) in [4.78, 5) is 3.16. The molecule has 1 atom stereocenters. The normalized spacial score (nSPS) is 18.3. The van der Waals surface area contributed by atoms with Crippen molar-refractivity contribution in [2.75, 3.05) is 6.54 Å². The van der Waals surface area contributed by atoms with Crippen molar-refractivity contribution in [2.45, 2.75) is 25.9 Å². The summed E-state index contributed by atoms with van der Waals surface area (Å²) in [6.07, 6.45) is 1.81. The minimum absolute atomic E-state index is 0.380. The summed E-state index contributed by atoms with van der Waals surface area (Å²) in [5.74, 6) is 0. The van der Waals surface area contributed by atoms with E-state index in [9.17, 15) is 5.11 Å². The third-order valence-electron chi connectivity index (χ3n) is 2.35. The molecule has 1 unspecified atom stereocenters. The zero-order valence-electron chi connectivity index (χ0n) is 8.04. The van der Waals surface area contributed by atoms with Crippen molar-refractivity contribution in [2.24, 2.45) is 0 Å². The van der Waals surface area contributed by atoms with Crippen LogP contribution in [0.1, 0.15) is 34.8 Å². The van der Waals surface area contributed by atoms with Crippen molar-refractivity contribution in [1.29, 1.82) is 0 Å². The molecule has 1 aromatic rings. The first-order valence-electron chi connectivity index (χ1n) is 4.77. The quantitative estimate of drug-likeness (QED) is 0.720. The lowest BCUT2D eigenvalue weighted by atomic mass is 10.2. The summed E-state index contributed by atoms with van der Waals surface area (Å²) >= 11 is 6.94. The van der Waals surface area contributed by atoms with E-state index in [1.165, 1.54) is 4.88 Å². The number of aliphatic hydroxyl groups excluding tert-OH is 1. The number of fused-ring (bicyclic) bond motifs is 1. The molecular formula is C10H13NOS2.